The molecule has 2 rings (SSSR count). The van der Waals surface area contributed by atoms with Gasteiger partial charge in [0.2, 0.25) is 0 Å². The highest BCUT2D eigenvalue weighted by molar-refractivity contribution is 9.10. The zero-order chi connectivity index (χ0) is 19.3. The van der Waals surface area contributed by atoms with E-state index in [1.807, 2.05) is 0 Å². The van der Waals surface area contributed by atoms with Crippen LogP contribution < -0.4 is 5.32 Å². The van der Waals surface area contributed by atoms with Gasteiger partial charge in [0.1, 0.15) is 16.9 Å². The second-order valence-corrected chi connectivity index (χ2v) is 7.48. The molecule has 4 nitrogen and oxygen atoms in total. The first-order valence-electron chi connectivity index (χ1n) is 7.71. The highest BCUT2D eigenvalue weighted by atomic mass is 79.9. The van der Waals surface area contributed by atoms with E-state index >= 15 is 0 Å². The Hall–Kier alpha value is -1.93. The van der Waals surface area contributed by atoms with Crippen LogP contribution in [-0.2, 0) is 9.53 Å². The van der Waals surface area contributed by atoms with E-state index in [-0.39, 0.29) is 23.8 Å². The van der Waals surface area contributed by atoms with Crippen molar-refractivity contribution in [2.24, 2.45) is 0 Å². The lowest BCUT2D eigenvalue weighted by Crippen LogP contribution is -2.17. The zero-order valence-electron chi connectivity index (χ0n) is 14.0. The monoisotopic (exact) mass is 443 g/mol. The van der Waals surface area contributed by atoms with Gasteiger partial charge in [-0.05, 0) is 60.1 Å². The number of amides is 1. The van der Waals surface area contributed by atoms with Gasteiger partial charge < -0.3 is 10.1 Å². The van der Waals surface area contributed by atoms with E-state index in [1.54, 1.807) is 13.8 Å². The van der Waals surface area contributed by atoms with Crippen LogP contribution in [-0.4, -0.2) is 23.7 Å². The van der Waals surface area contributed by atoms with Crippen LogP contribution in [0.15, 0.2) is 45.8 Å². The smallest absolute Gasteiger partial charge is 0.319 e. The first-order chi connectivity index (χ1) is 12.3. The molecule has 2 aromatic rings. The third-order valence-corrected chi connectivity index (χ3v) is 5.34. The molecule has 0 aliphatic rings. The van der Waals surface area contributed by atoms with Crippen molar-refractivity contribution in [2.45, 2.75) is 24.0 Å². The molecule has 1 amide bonds. The molecule has 8 heteroatoms. The quantitative estimate of drug-likeness (QED) is 0.502. The molecule has 138 valence electrons. The summed E-state index contributed by atoms with van der Waals surface area (Å²) < 4.78 is 32.8. The van der Waals surface area contributed by atoms with Crippen LogP contribution in [0.3, 0.4) is 0 Å². The first kappa shape index (κ1) is 20.4. The molecule has 0 saturated carbocycles. The molecule has 0 bridgehead atoms. The van der Waals surface area contributed by atoms with Gasteiger partial charge in [-0.15, -0.1) is 11.8 Å². The van der Waals surface area contributed by atoms with Crippen molar-refractivity contribution in [2.75, 3.05) is 11.9 Å². The van der Waals surface area contributed by atoms with Crippen LogP contribution in [0.4, 0.5) is 14.5 Å². The molecular formula is C18H16BrF2NO3S. The van der Waals surface area contributed by atoms with Crippen molar-refractivity contribution in [3.05, 3.63) is 58.1 Å². The number of anilines is 1. The number of thioether (sulfide) groups is 1. The fraction of sp³-hybridized carbons (Fsp3) is 0.222. The highest BCUT2D eigenvalue weighted by Crippen LogP contribution is 2.35. The Labute approximate surface area is 162 Å². The summed E-state index contributed by atoms with van der Waals surface area (Å²) in [5, 5.41) is 1.91. The lowest BCUT2D eigenvalue weighted by molar-refractivity contribution is -0.142. The Balaban J connectivity index is 2.21. The average molecular weight is 444 g/mol. The molecule has 0 fully saturated rings. The number of halogens is 3. The maximum Gasteiger partial charge on any atom is 0.319 e. The molecule has 26 heavy (non-hydrogen) atoms. The number of carbonyl (C=O) groups is 2. The van der Waals surface area contributed by atoms with Gasteiger partial charge in [-0.3, -0.25) is 9.59 Å². The Kier molecular flexibility index (Phi) is 7.16. The van der Waals surface area contributed by atoms with E-state index < -0.39 is 22.8 Å². The second-order valence-electron chi connectivity index (χ2n) is 5.24. The van der Waals surface area contributed by atoms with Gasteiger partial charge >= 0.3 is 5.97 Å². The largest absolute Gasteiger partial charge is 0.465 e. The lowest BCUT2D eigenvalue weighted by Gasteiger charge is -2.14. The number of ether oxygens (including phenoxy) is 1. The van der Waals surface area contributed by atoms with Crippen LogP contribution in [0.5, 0.6) is 0 Å². The minimum absolute atomic E-state index is 0.0685. The Morgan fingerprint density at radius 1 is 1.27 bits per heavy atom. The molecule has 0 aliphatic heterocycles. The van der Waals surface area contributed by atoms with Crippen LogP contribution in [0, 0.1) is 11.6 Å². The van der Waals surface area contributed by atoms with Gasteiger partial charge in [0, 0.05) is 14.9 Å². The molecule has 0 aromatic heterocycles. The maximum absolute atomic E-state index is 14.2. The van der Waals surface area contributed by atoms with E-state index in [2.05, 4.69) is 21.2 Å². The summed E-state index contributed by atoms with van der Waals surface area (Å²) in [6.45, 7) is 3.65. The van der Waals surface area contributed by atoms with Gasteiger partial charge in [0.15, 0.2) is 0 Å². The van der Waals surface area contributed by atoms with Crippen molar-refractivity contribution in [3.63, 3.8) is 0 Å². The van der Waals surface area contributed by atoms with Crippen molar-refractivity contribution in [3.8, 4) is 0 Å². The van der Waals surface area contributed by atoms with Crippen LogP contribution in [0.25, 0.3) is 0 Å². The van der Waals surface area contributed by atoms with Crippen molar-refractivity contribution < 1.29 is 23.1 Å². The van der Waals surface area contributed by atoms with Gasteiger partial charge in [0.25, 0.3) is 5.91 Å². The molecule has 0 saturated heterocycles. The summed E-state index contributed by atoms with van der Waals surface area (Å²) >= 11 is 4.41. The van der Waals surface area contributed by atoms with Gasteiger partial charge in [-0.1, -0.05) is 6.07 Å². The fourth-order valence-corrected chi connectivity index (χ4v) is 3.54. The van der Waals surface area contributed by atoms with Crippen molar-refractivity contribution >= 4 is 45.3 Å². The lowest BCUT2D eigenvalue weighted by atomic mass is 10.2. The molecule has 1 unspecified atom stereocenters. The SMILES string of the molecule is CCOC(=O)C(C)Sc1cc(NC(=O)c2cccc(F)c2)c(F)cc1Br. The summed E-state index contributed by atoms with van der Waals surface area (Å²) in [5.41, 5.74) is 0.00225. The zero-order valence-corrected chi connectivity index (χ0v) is 16.4. The normalized spacial score (nSPS) is 11.7. The average Bonchev–Trinajstić information content (AvgIpc) is 2.59. The Morgan fingerprint density at radius 2 is 2.00 bits per heavy atom. The van der Waals surface area contributed by atoms with E-state index in [1.165, 1.54) is 42.1 Å². The predicted molar refractivity (Wildman–Crippen MR) is 100 cm³/mol. The topological polar surface area (TPSA) is 55.4 Å². The molecule has 0 aliphatic carbocycles. The third-order valence-electron chi connectivity index (χ3n) is 3.28. The summed E-state index contributed by atoms with van der Waals surface area (Å²) in [6, 6.07) is 7.70. The van der Waals surface area contributed by atoms with Gasteiger partial charge in [-0.2, -0.15) is 0 Å². The number of nitrogens with one attached hydrogen (secondary N) is 1. The fourth-order valence-electron chi connectivity index (χ4n) is 2.04. The van der Waals surface area contributed by atoms with Gasteiger partial charge in [-0.25, -0.2) is 8.78 Å². The van der Waals surface area contributed by atoms with E-state index in [0.29, 0.717) is 9.37 Å². The summed E-state index contributed by atoms with van der Waals surface area (Å²) in [7, 11) is 0. The molecule has 1 atom stereocenters. The summed E-state index contributed by atoms with van der Waals surface area (Å²) in [4.78, 5) is 24.5. The number of carbonyl (C=O) groups excluding carboxylic acids is 2. The number of benzene rings is 2. The Bertz CT molecular complexity index is 832. The second kappa shape index (κ2) is 9.14. The molecule has 1 N–H and O–H groups in total. The third kappa shape index (κ3) is 5.28. The van der Waals surface area contributed by atoms with Crippen molar-refractivity contribution in [1.29, 1.82) is 0 Å². The molecule has 0 heterocycles. The number of hydrogen-bond donors (Lipinski definition) is 1. The number of rotatable bonds is 6. The Morgan fingerprint density at radius 3 is 2.65 bits per heavy atom. The molecule has 0 spiro atoms. The van der Waals surface area contributed by atoms with Crippen LogP contribution >= 0.6 is 27.7 Å². The van der Waals surface area contributed by atoms with Gasteiger partial charge in [0.05, 0.1) is 12.3 Å². The summed E-state index contributed by atoms with van der Waals surface area (Å²) in [6.07, 6.45) is 0. The standard InChI is InChI=1S/C18H16BrF2NO3S/c1-3-25-18(24)10(2)26-16-9-15(14(21)8-13(16)19)22-17(23)11-5-4-6-12(20)7-11/h4-10H,3H2,1-2H3,(H,22,23). The van der Waals surface area contributed by atoms with Crippen LogP contribution in [0.2, 0.25) is 0 Å². The minimum atomic E-state index is -0.658. The van der Waals surface area contributed by atoms with E-state index in [4.69, 9.17) is 4.74 Å². The first-order valence-corrected chi connectivity index (χ1v) is 9.38. The predicted octanol–water partition coefficient (Wildman–Crippen LogP) is 5.02. The molecule has 0 radical (unpaired) electrons. The molecule has 2 aromatic carbocycles. The maximum atomic E-state index is 14.2. The minimum Gasteiger partial charge on any atom is -0.465 e. The summed E-state index contributed by atoms with van der Waals surface area (Å²) in [5.74, 6) is -2.25. The van der Waals surface area contributed by atoms with E-state index in [9.17, 15) is 18.4 Å². The number of esters is 1. The van der Waals surface area contributed by atoms with Crippen molar-refractivity contribution in [1.82, 2.24) is 0 Å². The highest BCUT2D eigenvalue weighted by Gasteiger charge is 2.19. The van der Waals surface area contributed by atoms with E-state index in [0.717, 1.165) is 6.07 Å². The molecular weight excluding hydrogens is 428 g/mol. The van der Waals surface area contributed by atoms with Crippen LogP contribution in [0.1, 0.15) is 24.2 Å². The number of hydrogen-bond acceptors (Lipinski definition) is 4.